The van der Waals surface area contributed by atoms with Crippen LogP contribution in [0, 0.1) is 0 Å². The van der Waals surface area contributed by atoms with Crippen LogP contribution in [0.3, 0.4) is 0 Å². The summed E-state index contributed by atoms with van der Waals surface area (Å²) < 4.78 is 5.21. The molecule has 0 unspecified atom stereocenters. The zero-order valence-corrected chi connectivity index (χ0v) is 9.46. The molecule has 0 saturated heterocycles. The number of nitrogens with one attached hydrogen (secondary N) is 1. The third kappa shape index (κ3) is 4.70. The summed E-state index contributed by atoms with van der Waals surface area (Å²) in [4.78, 5) is 11.2. The van der Waals surface area contributed by atoms with Crippen LogP contribution in [0.2, 0.25) is 0 Å². The Labute approximate surface area is 99.0 Å². The molecule has 4 nitrogen and oxygen atoms in total. The average Bonchev–Trinajstić information content (AvgIpc) is 2.25. The van der Waals surface area contributed by atoms with Crippen LogP contribution in [-0.2, 0) is 4.79 Å². The lowest BCUT2D eigenvalue weighted by molar-refractivity contribution is -0.122. The zero-order chi connectivity index (χ0) is 12.0. The second kappa shape index (κ2) is 6.02. The Kier molecular flexibility index (Phi) is 4.66. The number of rotatable bonds is 5. The lowest BCUT2D eigenvalue weighted by Crippen LogP contribution is -2.29. The van der Waals surface area contributed by atoms with E-state index < -0.39 is 0 Å². The maximum atomic E-state index is 11.2. The van der Waals surface area contributed by atoms with Crippen molar-refractivity contribution in [3.8, 4) is 5.75 Å². The monoisotopic (exact) mass is 240 g/mol. The highest BCUT2D eigenvalue weighted by molar-refractivity contribution is 6.29. The van der Waals surface area contributed by atoms with Gasteiger partial charge in [-0.25, -0.2) is 0 Å². The molecule has 0 aromatic heterocycles. The fourth-order valence-corrected chi connectivity index (χ4v) is 1.03. The molecule has 0 radical (unpaired) electrons. The van der Waals surface area contributed by atoms with Gasteiger partial charge in [0.05, 0.1) is 6.54 Å². The van der Waals surface area contributed by atoms with Crippen molar-refractivity contribution < 1.29 is 9.53 Å². The van der Waals surface area contributed by atoms with Gasteiger partial charge in [-0.05, 0) is 24.3 Å². The Bertz CT molecular complexity index is 376. The molecule has 0 bridgehead atoms. The number of amides is 1. The van der Waals surface area contributed by atoms with Crippen molar-refractivity contribution in [3.63, 3.8) is 0 Å². The Hall–Kier alpha value is -1.68. The average molecular weight is 241 g/mol. The molecule has 1 aromatic rings. The number of hydrogen-bond donors (Lipinski definition) is 2. The standard InChI is InChI=1S/C11H13ClN2O2/c1-8(12)6-14-11(15)7-16-10-4-2-9(13)3-5-10/h2-5H,1,6-7,13H2,(H,14,15). The number of carbonyl (C=O) groups excluding carboxylic acids is 1. The third-order valence-corrected chi connectivity index (χ3v) is 1.86. The minimum atomic E-state index is -0.251. The molecule has 0 heterocycles. The summed E-state index contributed by atoms with van der Waals surface area (Å²) in [5.41, 5.74) is 6.15. The highest BCUT2D eigenvalue weighted by Crippen LogP contribution is 2.12. The van der Waals surface area contributed by atoms with Crippen molar-refractivity contribution in [2.24, 2.45) is 0 Å². The maximum absolute atomic E-state index is 11.2. The van der Waals surface area contributed by atoms with E-state index in [1.54, 1.807) is 24.3 Å². The molecule has 0 atom stereocenters. The second-order valence-corrected chi connectivity index (χ2v) is 3.69. The zero-order valence-electron chi connectivity index (χ0n) is 8.70. The summed E-state index contributed by atoms with van der Waals surface area (Å²) in [5.74, 6) is 0.340. The molecular formula is C11H13ClN2O2. The van der Waals surface area contributed by atoms with Crippen molar-refractivity contribution in [1.82, 2.24) is 5.32 Å². The molecule has 86 valence electrons. The predicted molar refractivity (Wildman–Crippen MR) is 64.4 cm³/mol. The van der Waals surface area contributed by atoms with Crippen molar-refractivity contribution in [1.29, 1.82) is 0 Å². The van der Waals surface area contributed by atoms with E-state index in [0.717, 1.165) is 0 Å². The highest BCUT2D eigenvalue weighted by atomic mass is 35.5. The van der Waals surface area contributed by atoms with E-state index in [1.807, 2.05) is 0 Å². The minimum absolute atomic E-state index is 0.0614. The van der Waals surface area contributed by atoms with Gasteiger partial charge in [0, 0.05) is 10.7 Å². The summed E-state index contributed by atoms with van der Waals surface area (Å²) in [7, 11) is 0. The third-order valence-electron chi connectivity index (χ3n) is 1.73. The number of benzene rings is 1. The fourth-order valence-electron chi connectivity index (χ4n) is 0.958. The van der Waals surface area contributed by atoms with Crippen LogP contribution in [0.5, 0.6) is 5.75 Å². The minimum Gasteiger partial charge on any atom is -0.484 e. The molecular weight excluding hydrogens is 228 g/mol. The van der Waals surface area contributed by atoms with Gasteiger partial charge in [0.2, 0.25) is 0 Å². The molecule has 1 rings (SSSR count). The van der Waals surface area contributed by atoms with E-state index in [2.05, 4.69) is 11.9 Å². The Morgan fingerprint density at radius 1 is 1.44 bits per heavy atom. The molecule has 1 amide bonds. The number of halogens is 1. The molecule has 0 spiro atoms. The van der Waals surface area contributed by atoms with Crippen LogP contribution in [0.25, 0.3) is 0 Å². The summed E-state index contributed by atoms with van der Waals surface area (Å²) in [6.45, 7) is 3.63. The van der Waals surface area contributed by atoms with Gasteiger partial charge < -0.3 is 15.8 Å². The van der Waals surface area contributed by atoms with E-state index in [-0.39, 0.29) is 19.1 Å². The SMILES string of the molecule is C=C(Cl)CNC(=O)COc1ccc(N)cc1. The lowest BCUT2D eigenvalue weighted by atomic mass is 10.3. The first-order chi connectivity index (χ1) is 7.58. The van der Waals surface area contributed by atoms with Crippen LogP contribution in [0.1, 0.15) is 0 Å². The van der Waals surface area contributed by atoms with Crippen LogP contribution >= 0.6 is 11.6 Å². The Balaban J connectivity index is 2.31. The molecule has 5 heteroatoms. The van der Waals surface area contributed by atoms with Crippen LogP contribution < -0.4 is 15.8 Å². The number of hydrogen-bond acceptors (Lipinski definition) is 3. The van der Waals surface area contributed by atoms with Gasteiger partial charge in [0.1, 0.15) is 5.75 Å². The number of nitrogen functional groups attached to an aromatic ring is 1. The van der Waals surface area contributed by atoms with Gasteiger partial charge in [0.15, 0.2) is 6.61 Å². The topological polar surface area (TPSA) is 64.3 Å². The van der Waals surface area contributed by atoms with Crippen LogP contribution in [-0.4, -0.2) is 19.1 Å². The normalized spacial score (nSPS) is 9.56. The first-order valence-electron chi connectivity index (χ1n) is 4.66. The largest absolute Gasteiger partial charge is 0.484 e. The summed E-state index contributed by atoms with van der Waals surface area (Å²) in [5, 5.41) is 2.92. The lowest BCUT2D eigenvalue weighted by Gasteiger charge is -2.06. The Morgan fingerprint density at radius 2 is 2.06 bits per heavy atom. The highest BCUT2D eigenvalue weighted by Gasteiger charge is 2.02. The molecule has 0 fully saturated rings. The van der Waals surface area contributed by atoms with Crippen molar-refractivity contribution in [2.45, 2.75) is 0 Å². The Morgan fingerprint density at radius 3 is 2.62 bits per heavy atom. The smallest absolute Gasteiger partial charge is 0.258 e. The van der Waals surface area contributed by atoms with Crippen molar-refractivity contribution in [2.75, 3.05) is 18.9 Å². The van der Waals surface area contributed by atoms with Gasteiger partial charge >= 0.3 is 0 Å². The molecule has 3 N–H and O–H groups in total. The molecule has 0 aliphatic rings. The number of ether oxygens (including phenoxy) is 1. The van der Waals surface area contributed by atoms with E-state index in [9.17, 15) is 4.79 Å². The number of anilines is 1. The van der Waals surface area contributed by atoms with Gasteiger partial charge in [-0.15, -0.1) is 0 Å². The predicted octanol–water partition coefficient (Wildman–Crippen LogP) is 1.52. The summed E-state index contributed by atoms with van der Waals surface area (Å²) in [6, 6.07) is 6.80. The molecule has 0 saturated carbocycles. The van der Waals surface area contributed by atoms with E-state index in [0.29, 0.717) is 16.5 Å². The van der Waals surface area contributed by atoms with E-state index in [4.69, 9.17) is 22.1 Å². The number of carbonyl (C=O) groups is 1. The van der Waals surface area contributed by atoms with Crippen molar-refractivity contribution >= 4 is 23.2 Å². The van der Waals surface area contributed by atoms with Gasteiger partial charge in [0.25, 0.3) is 5.91 Å². The first-order valence-corrected chi connectivity index (χ1v) is 5.04. The summed E-state index contributed by atoms with van der Waals surface area (Å²) in [6.07, 6.45) is 0. The second-order valence-electron chi connectivity index (χ2n) is 3.15. The maximum Gasteiger partial charge on any atom is 0.258 e. The first kappa shape index (κ1) is 12.4. The molecule has 0 aliphatic heterocycles. The molecule has 0 aliphatic carbocycles. The van der Waals surface area contributed by atoms with Crippen LogP contribution in [0.4, 0.5) is 5.69 Å². The van der Waals surface area contributed by atoms with E-state index in [1.165, 1.54) is 0 Å². The van der Waals surface area contributed by atoms with Crippen molar-refractivity contribution in [3.05, 3.63) is 35.9 Å². The van der Waals surface area contributed by atoms with Crippen LogP contribution in [0.15, 0.2) is 35.9 Å². The molecule has 1 aromatic carbocycles. The molecule has 16 heavy (non-hydrogen) atoms. The van der Waals surface area contributed by atoms with Gasteiger partial charge in [-0.1, -0.05) is 18.2 Å². The summed E-state index contributed by atoms with van der Waals surface area (Å²) >= 11 is 5.49. The van der Waals surface area contributed by atoms with Gasteiger partial charge in [-0.3, -0.25) is 4.79 Å². The number of nitrogens with two attached hydrogens (primary N) is 1. The van der Waals surface area contributed by atoms with Gasteiger partial charge in [-0.2, -0.15) is 0 Å². The van der Waals surface area contributed by atoms with E-state index >= 15 is 0 Å². The quantitative estimate of drug-likeness (QED) is 0.767. The fraction of sp³-hybridized carbons (Fsp3) is 0.182.